The predicted octanol–water partition coefficient (Wildman–Crippen LogP) is 0.150. The zero-order valence-electron chi connectivity index (χ0n) is 13.7. The number of hydrogen-bond acceptors (Lipinski definition) is 5. The van der Waals surface area contributed by atoms with Crippen LogP contribution in [0.4, 0.5) is 0 Å². The van der Waals surface area contributed by atoms with Gasteiger partial charge in [-0.3, -0.25) is 9.59 Å². The molecule has 0 saturated carbocycles. The Bertz CT molecular complexity index is 594. The van der Waals surface area contributed by atoms with Gasteiger partial charge in [0.25, 0.3) is 0 Å². The second-order valence-corrected chi connectivity index (χ2v) is 5.97. The Morgan fingerprint density at radius 2 is 2.04 bits per heavy atom. The number of primary amides is 1. The van der Waals surface area contributed by atoms with E-state index in [1.807, 2.05) is 31.2 Å². The molecule has 0 spiro atoms. The Morgan fingerprint density at radius 1 is 1.33 bits per heavy atom. The van der Waals surface area contributed by atoms with E-state index in [0.29, 0.717) is 6.42 Å². The molecule has 2 amide bonds. The van der Waals surface area contributed by atoms with Crippen molar-refractivity contribution in [2.24, 2.45) is 5.73 Å². The maximum atomic E-state index is 12.2. The highest BCUT2D eigenvalue weighted by molar-refractivity contribution is 5.90. The summed E-state index contributed by atoms with van der Waals surface area (Å²) in [5, 5.41) is 5.60. The molecule has 1 saturated heterocycles. The number of esters is 1. The lowest BCUT2D eigenvalue weighted by molar-refractivity contribution is -0.150. The van der Waals surface area contributed by atoms with Crippen LogP contribution in [0.15, 0.2) is 24.3 Å². The standard InChI is InChI=1S/C17H23N3O4/c1-11-4-6-12(7-5-11)10-24-17(23)14(9-15(18)21)20-16(22)13-3-2-8-19-13/h4-7,13-14,19H,2-3,8-10H2,1H3,(H2,18,21)(H,20,22)/t13-,14?/m0/s1. The molecule has 0 bridgehead atoms. The van der Waals surface area contributed by atoms with Gasteiger partial charge >= 0.3 is 5.97 Å². The van der Waals surface area contributed by atoms with E-state index in [4.69, 9.17) is 10.5 Å². The molecule has 0 radical (unpaired) electrons. The predicted molar refractivity (Wildman–Crippen MR) is 87.7 cm³/mol. The highest BCUT2D eigenvalue weighted by Crippen LogP contribution is 2.08. The fraction of sp³-hybridized carbons (Fsp3) is 0.471. The molecule has 1 aliphatic rings. The maximum Gasteiger partial charge on any atom is 0.329 e. The molecule has 1 fully saturated rings. The van der Waals surface area contributed by atoms with Gasteiger partial charge in [0.1, 0.15) is 12.6 Å². The van der Waals surface area contributed by atoms with Crippen molar-refractivity contribution in [2.75, 3.05) is 6.54 Å². The summed E-state index contributed by atoms with van der Waals surface area (Å²) in [7, 11) is 0. The summed E-state index contributed by atoms with van der Waals surface area (Å²) in [6.07, 6.45) is 1.31. The maximum absolute atomic E-state index is 12.2. The average Bonchev–Trinajstić information content (AvgIpc) is 3.07. The third-order valence-electron chi connectivity index (χ3n) is 3.88. The van der Waals surface area contributed by atoms with Gasteiger partial charge in [0.05, 0.1) is 12.5 Å². The van der Waals surface area contributed by atoms with Gasteiger partial charge in [-0.15, -0.1) is 0 Å². The minimum Gasteiger partial charge on any atom is -0.459 e. The molecule has 7 nitrogen and oxygen atoms in total. The van der Waals surface area contributed by atoms with Crippen LogP contribution in [0.2, 0.25) is 0 Å². The summed E-state index contributed by atoms with van der Waals surface area (Å²) in [5.41, 5.74) is 7.10. The smallest absolute Gasteiger partial charge is 0.329 e. The van der Waals surface area contributed by atoms with Crippen molar-refractivity contribution in [3.05, 3.63) is 35.4 Å². The number of ether oxygens (including phenoxy) is 1. The summed E-state index contributed by atoms with van der Waals surface area (Å²) < 4.78 is 5.21. The van der Waals surface area contributed by atoms with Gasteiger partial charge in [-0.25, -0.2) is 4.79 Å². The van der Waals surface area contributed by atoms with E-state index < -0.39 is 17.9 Å². The van der Waals surface area contributed by atoms with Crippen LogP contribution in [0.25, 0.3) is 0 Å². The molecule has 1 aromatic rings. The normalized spacial score (nSPS) is 18.0. The molecule has 24 heavy (non-hydrogen) atoms. The molecule has 4 N–H and O–H groups in total. The highest BCUT2D eigenvalue weighted by Gasteiger charge is 2.29. The number of nitrogens with two attached hydrogens (primary N) is 1. The van der Waals surface area contributed by atoms with Crippen LogP contribution in [-0.2, 0) is 25.7 Å². The number of aryl methyl sites for hydroxylation is 1. The van der Waals surface area contributed by atoms with Crippen LogP contribution in [-0.4, -0.2) is 36.4 Å². The third-order valence-corrected chi connectivity index (χ3v) is 3.88. The van der Waals surface area contributed by atoms with E-state index in [0.717, 1.165) is 24.1 Å². The minimum absolute atomic E-state index is 0.0753. The van der Waals surface area contributed by atoms with Gasteiger partial charge < -0.3 is 21.1 Å². The Hall–Kier alpha value is -2.41. The minimum atomic E-state index is -1.07. The quantitative estimate of drug-likeness (QED) is 0.615. The van der Waals surface area contributed by atoms with Crippen LogP contribution in [0.1, 0.15) is 30.4 Å². The fourth-order valence-electron chi connectivity index (χ4n) is 2.51. The number of rotatable bonds is 7. The second kappa shape index (κ2) is 8.44. The summed E-state index contributed by atoms with van der Waals surface area (Å²) in [6, 6.07) is 6.13. The lowest BCUT2D eigenvalue weighted by atomic mass is 10.1. The molecule has 1 heterocycles. The van der Waals surface area contributed by atoms with E-state index in [1.54, 1.807) is 0 Å². The van der Waals surface area contributed by atoms with Crippen molar-refractivity contribution < 1.29 is 19.1 Å². The first kappa shape index (κ1) is 17.9. The first-order valence-electron chi connectivity index (χ1n) is 8.00. The van der Waals surface area contributed by atoms with Gasteiger partial charge in [0.2, 0.25) is 11.8 Å². The average molecular weight is 333 g/mol. The summed E-state index contributed by atoms with van der Waals surface area (Å²) >= 11 is 0. The zero-order chi connectivity index (χ0) is 17.5. The Morgan fingerprint density at radius 3 is 2.62 bits per heavy atom. The molecule has 130 valence electrons. The number of hydrogen-bond donors (Lipinski definition) is 3. The highest BCUT2D eigenvalue weighted by atomic mass is 16.5. The Labute approximate surface area is 140 Å². The zero-order valence-corrected chi connectivity index (χ0v) is 13.7. The van der Waals surface area contributed by atoms with Gasteiger partial charge in [-0.1, -0.05) is 29.8 Å². The molecule has 1 aliphatic heterocycles. The molecule has 2 atom stereocenters. The van der Waals surface area contributed by atoms with Crippen molar-refractivity contribution in [1.82, 2.24) is 10.6 Å². The van der Waals surface area contributed by atoms with Crippen LogP contribution >= 0.6 is 0 Å². The van der Waals surface area contributed by atoms with Crippen LogP contribution < -0.4 is 16.4 Å². The van der Waals surface area contributed by atoms with Crippen LogP contribution in [0, 0.1) is 6.92 Å². The number of benzene rings is 1. The number of carbonyl (C=O) groups is 3. The number of amides is 2. The van der Waals surface area contributed by atoms with E-state index >= 15 is 0 Å². The van der Waals surface area contributed by atoms with Crippen LogP contribution in [0.5, 0.6) is 0 Å². The SMILES string of the molecule is Cc1ccc(COC(=O)C(CC(N)=O)NC(=O)[C@@H]2CCCN2)cc1. The number of nitrogens with one attached hydrogen (secondary N) is 2. The molecule has 1 aromatic carbocycles. The molecule has 2 rings (SSSR count). The van der Waals surface area contributed by atoms with Crippen molar-refractivity contribution in [1.29, 1.82) is 0 Å². The summed E-state index contributed by atoms with van der Waals surface area (Å²) in [5.74, 6) is -1.65. The van der Waals surface area contributed by atoms with Gasteiger partial charge in [0, 0.05) is 0 Å². The van der Waals surface area contributed by atoms with Crippen molar-refractivity contribution in [2.45, 2.75) is 44.9 Å². The lowest BCUT2D eigenvalue weighted by Gasteiger charge is -2.19. The van der Waals surface area contributed by atoms with E-state index in [1.165, 1.54) is 0 Å². The molecule has 7 heteroatoms. The third kappa shape index (κ3) is 5.34. The first-order valence-corrected chi connectivity index (χ1v) is 8.00. The van der Waals surface area contributed by atoms with Crippen molar-refractivity contribution in [3.63, 3.8) is 0 Å². The van der Waals surface area contributed by atoms with E-state index in [2.05, 4.69) is 10.6 Å². The largest absolute Gasteiger partial charge is 0.459 e. The Balaban J connectivity index is 1.92. The molecule has 0 aromatic heterocycles. The van der Waals surface area contributed by atoms with E-state index in [9.17, 15) is 14.4 Å². The van der Waals surface area contributed by atoms with Gasteiger partial charge in [-0.2, -0.15) is 0 Å². The van der Waals surface area contributed by atoms with Crippen molar-refractivity contribution >= 4 is 17.8 Å². The van der Waals surface area contributed by atoms with Crippen molar-refractivity contribution in [3.8, 4) is 0 Å². The Kier molecular flexibility index (Phi) is 6.31. The molecular weight excluding hydrogens is 310 g/mol. The molecular formula is C17H23N3O4. The first-order chi connectivity index (χ1) is 11.5. The molecule has 0 aliphatic carbocycles. The van der Waals surface area contributed by atoms with Gasteiger partial charge in [0.15, 0.2) is 0 Å². The second-order valence-electron chi connectivity index (χ2n) is 5.97. The van der Waals surface area contributed by atoms with Crippen LogP contribution in [0.3, 0.4) is 0 Å². The number of carbonyl (C=O) groups excluding carboxylic acids is 3. The van der Waals surface area contributed by atoms with E-state index in [-0.39, 0.29) is 25.0 Å². The summed E-state index contributed by atoms with van der Waals surface area (Å²) in [4.78, 5) is 35.5. The monoisotopic (exact) mass is 333 g/mol. The molecule has 1 unspecified atom stereocenters. The van der Waals surface area contributed by atoms with Gasteiger partial charge in [-0.05, 0) is 31.9 Å². The lowest BCUT2D eigenvalue weighted by Crippen LogP contribution is -2.50. The fourth-order valence-corrected chi connectivity index (χ4v) is 2.51. The summed E-state index contributed by atoms with van der Waals surface area (Å²) in [6.45, 7) is 2.80. The topological polar surface area (TPSA) is 111 Å².